The Morgan fingerprint density at radius 2 is 1.16 bits per heavy atom. The van der Waals surface area contributed by atoms with Crippen molar-refractivity contribution < 1.29 is 0 Å². The van der Waals surface area contributed by atoms with Gasteiger partial charge in [0.05, 0.1) is 0 Å². The van der Waals surface area contributed by atoms with E-state index in [-0.39, 0.29) is 5.92 Å². The molecule has 7 aliphatic carbocycles. The van der Waals surface area contributed by atoms with Crippen molar-refractivity contribution in [3.05, 3.63) is 268 Å². The largest absolute Gasteiger partial charge is 0.0834 e. The van der Waals surface area contributed by atoms with Gasteiger partial charge in [-0.2, -0.15) is 0 Å². The summed E-state index contributed by atoms with van der Waals surface area (Å²) < 4.78 is 0. The Morgan fingerprint density at radius 3 is 1.97 bits per heavy atom. The highest BCUT2D eigenvalue weighted by molar-refractivity contribution is 6.17. The predicted octanol–water partition coefficient (Wildman–Crippen LogP) is 17.8. The third-order valence-corrected chi connectivity index (χ3v) is 17.6. The first-order valence-electron chi connectivity index (χ1n) is 25.5. The number of benzene rings is 8. The van der Waals surface area contributed by atoms with Gasteiger partial charge in [-0.15, -0.1) is 0 Å². The van der Waals surface area contributed by atoms with Crippen LogP contribution in [0, 0.1) is 23.7 Å². The number of hydrogen-bond acceptors (Lipinski definition) is 0. The number of hydrogen-bond donors (Lipinski definition) is 0. The van der Waals surface area contributed by atoms with Crippen LogP contribution in [0.15, 0.2) is 218 Å². The van der Waals surface area contributed by atoms with Crippen molar-refractivity contribution in [2.45, 2.75) is 43.4 Å². The second-order valence-electron chi connectivity index (χ2n) is 20.8. The summed E-state index contributed by atoms with van der Waals surface area (Å²) in [5.41, 5.74) is 24.7. The highest BCUT2D eigenvalue weighted by Crippen LogP contribution is 2.67. The van der Waals surface area contributed by atoms with E-state index in [0.717, 1.165) is 12.8 Å². The fourth-order valence-electron chi connectivity index (χ4n) is 15.0. The molecule has 8 unspecified atom stereocenters. The van der Waals surface area contributed by atoms with E-state index in [9.17, 15) is 0 Å². The standard InChI is InChI=1S/C69H52/c1-41-31-32-45-22-13-14-26-49(45)60(41)53-37-38-57-63-52(53)27-15-30-56(63)68-61(48-34-33-42-17-11-12-25-47(42)39-48)58-40-59-64-54(28-16-29-55(64)67(58)62(69(57)68)46-23-9-4-10-24-46)65-50(43-18-5-2-6-19-43)35-36-51(66(59)65)44-20-7-3-8-21-44/h2-27,29-37,39-41,52,54,57,60,63,65-66H,28,38H2,1H3. The molecule has 0 heteroatoms. The van der Waals surface area contributed by atoms with Crippen LogP contribution in [0.1, 0.15) is 93.5 Å². The van der Waals surface area contributed by atoms with Crippen molar-refractivity contribution >= 4 is 50.4 Å². The van der Waals surface area contributed by atoms with Gasteiger partial charge in [0.15, 0.2) is 0 Å². The first kappa shape index (κ1) is 39.5. The van der Waals surface area contributed by atoms with Crippen molar-refractivity contribution in [1.29, 1.82) is 0 Å². The Morgan fingerprint density at radius 1 is 0.464 bits per heavy atom. The lowest BCUT2D eigenvalue weighted by atomic mass is 9.62. The van der Waals surface area contributed by atoms with Gasteiger partial charge in [-0.1, -0.05) is 225 Å². The van der Waals surface area contributed by atoms with Crippen LogP contribution in [0.3, 0.4) is 0 Å². The summed E-state index contributed by atoms with van der Waals surface area (Å²) in [6.45, 7) is 2.44. The maximum atomic E-state index is 2.74. The second-order valence-corrected chi connectivity index (χ2v) is 20.8. The molecule has 7 aliphatic rings. The first-order valence-corrected chi connectivity index (χ1v) is 25.5. The van der Waals surface area contributed by atoms with Crippen LogP contribution in [-0.2, 0) is 0 Å². The van der Waals surface area contributed by atoms with Crippen LogP contribution in [0.2, 0.25) is 0 Å². The molecule has 8 atom stereocenters. The second kappa shape index (κ2) is 15.2. The van der Waals surface area contributed by atoms with E-state index in [1.54, 1.807) is 16.7 Å². The normalized spacial score (nSPS) is 25.2. The van der Waals surface area contributed by atoms with Gasteiger partial charge < -0.3 is 0 Å². The highest BCUT2D eigenvalue weighted by atomic mass is 14.5. The third-order valence-electron chi connectivity index (χ3n) is 17.6. The Labute approximate surface area is 405 Å². The lowest BCUT2D eigenvalue weighted by Gasteiger charge is -2.41. The molecule has 0 radical (unpaired) electrons. The molecule has 69 heavy (non-hydrogen) atoms. The zero-order valence-electron chi connectivity index (χ0n) is 38.9. The summed E-state index contributed by atoms with van der Waals surface area (Å²) in [6.07, 6.45) is 27.2. The minimum atomic E-state index is 0.221. The van der Waals surface area contributed by atoms with Crippen molar-refractivity contribution in [1.82, 2.24) is 0 Å². The van der Waals surface area contributed by atoms with E-state index in [4.69, 9.17) is 0 Å². The molecule has 0 saturated heterocycles. The monoisotopic (exact) mass is 880 g/mol. The summed E-state index contributed by atoms with van der Waals surface area (Å²) in [4.78, 5) is 0. The Hall–Kier alpha value is -7.54. The Balaban J connectivity index is 1.05. The number of allylic oxidation sites excluding steroid dienone is 12. The number of rotatable bonds is 5. The third kappa shape index (κ3) is 5.70. The Bertz CT molecular complexity index is 3700. The average Bonchev–Trinajstić information content (AvgIpc) is 3.93. The van der Waals surface area contributed by atoms with E-state index < -0.39 is 0 Å². The van der Waals surface area contributed by atoms with Crippen molar-refractivity contribution in [3.8, 4) is 22.3 Å². The molecule has 8 aromatic rings. The van der Waals surface area contributed by atoms with Crippen LogP contribution in [-0.4, -0.2) is 0 Å². The zero-order chi connectivity index (χ0) is 45.3. The van der Waals surface area contributed by atoms with Crippen LogP contribution < -0.4 is 0 Å². The van der Waals surface area contributed by atoms with Crippen LogP contribution in [0.25, 0.3) is 72.7 Å². The van der Waals surface area contributed by atoms with Crippen molar-refractivity contribution in [2.75, 3.05) is 0 Å². The molecule has 0 nitrogen and oxygen atoms in total. The van der Waals surface area contributed by atoms with Gasteiger partial charge in [0, 0.05) is 29.6 Å². The molecule has 0 N–H and O–H groups in total. The molecule has 0 amide bonds. The van der Waals surface area contributed by atoms with Gasteiger partial charge in [-0.25, -0.2) is 0 Å². The van der Waals surface area contributed by atoms with E-state index >= 15 is 0 Å². The Kier molecular flexibility index (Phi) is 8.71. The van der Waals surface area contributed by atoms with Gasteiger partial charge in [-0.3, -0.25) is 0 Å². The summed E-state index contributed by atoms with van der Waals surface area (Å²) in [7, 11) is 0. The molecule has 0 fully saturated rings. The average molecular weight is 881 g/mol. The zero-order valence-corrected chi connectivity index (χ0v) is 38.9. The molecule has 0 aliphatic heterocycles. The molecular formula is C69H52. The van der Waals surface area contributed by atoms with E-state index in [1.165, 1.54) is 99.5 Å². The highest BCUT2D eigenvalue weighted by Gasteiger charge is 2.51. The fraction of sp³-hybridized carbons (Fsp3) is 0.159. The molecule has 15 rings (SSSR count). The van der Waals surface area contributed by atoms with E-state index in [2.05, 4.69) is 231 Å². The topological polar surface area (TPSA) is 0 Å². The van der Waals surface area contributed by atoms with Gasteiger partial charge in [0.1, 0.15) is 0 Å². The van der Waals surface area contributed by atoms with Crippen LogP contribution in [0.5, 0.6) is 0 Å². The van der Waals surface area contributed by atoms with Gasteiger partial charge in [-0.05, 0) is 153 Å². The molecule has 0 bridgehead atoms. The van der Waals surface area contributed by atoms with E-state index in [0.29, 0.717) is 41.4 Å². The minimum Gasteiger partial charge on any atom is -0.0834 e. The first-order chi connectivity index (χ1) is 34.2. The lowest BCUT2D eigenvalue weighted by molar-refractivity contribution is 0.403. The molecular weight excluding hydrogens is 829 g/mol. The fourth-order valence-corrected chi connectivity index (χ4v) is 15.0. The van der Waals surface area contributed by atoms with Gasteiger partial charge in [0.2, 0.25) is 0 Å². The summed E-state index contributed by atoms with van der Waals surface area (Å²) in [6, 6.07) is 62.3. The van der Waals surface area contributed by atoms with Crippen LogP contribution >= 0.6 is 0 Å². The molecule has 0 heterocycles. The number of fused-ring (bicyclic) bond motifs is 10. The summed E-state index contributed by atoms with van der Waals surface area (Å²) in [5.74, 6) is 2.71. The maximum Gasteiger partial charge on any atom is 0.0173 e. The predicted molar refractivity (Wildman–Crippen MR) is 291 cm³/mol. The van der Waals surface area contributed by atoms with Crippen molar-refractivity contribution in [2.24, 2.45) is 23.7 Å². The van der Waals surface area contributed by atoms with Gasteiger partial charge >= 0.3 is 0 Å². The van der Waals surface area contributed by atoms with Crippen LogP contribution in [0.4, 0.5) is 0 Å². The maximum absolute atomic E-state index is 2.74. The molecule has 8 aromatic carbocycles. The minimum absolute atomic E-state index is 0.221. The van der Waals surface area contributed by atoms with Gasteiger partial charge in [0.25, 0.3) is 0 Å². The smallest absolute Gasteiger partial charge is 0.0173 e. The summed E-state index contributed by atoms with van der Waals surface area (Å²) >= 11 is 0. The SMILES string of the molecule is CC1C=Cc2ccccc2C1C1=CCC2c3c(c(-c4ccc5ccccc5c4)c4cc5c6c(c4c3-c3ccccc3)C=CCC6C3C(c4ccccc4)=CC=C(c4ccccc4)C53)C3=CC=CC1C32. The molecule has 0 spiro atoms. The lowest BCUT2D eigenvalue weighted by Crippen LogP contribution is -2.29. The molecule has 328 valence electrons. The van der Waals surface area contributed by atoms with E-state index in [1.807, 2.05) is 0 Å². The van der Waals surface area contributed by atoms with Crippen molar-refractivity contribution in [3.63, 3.8) is 0 Å². The summed E-state index contributed by atoms with van der Waals surface area (Å²) in [5, 5.41) is 5.41. The quantitative estimate of drug-likeness (QED) is 0.151. The molecule has 0 aromatic heterocycles. The molecule has 0 saturated carbocycles.